The first-order valence-corrected chi connectivity index (χ1v) is 6.00. The highest BCUT2D eigenvalue weighted by Gasteiger charge is 2.04. The number of hydrogen-bond acceptors (Lipinski definition) is 5. The number of benzene rings is 1. The summed E-state index contributed by atoms with van der Waals surface area (Å²) in [4.78, 5) is 8.22. The summed E-state index contributed by atoms with van der Waals surface area (Å²) in [5.41, 5.74) is 2.05. The Morgan fingerprint density at radius 1 is 1.05 bits per heavy atom. The lowest BCUT2D eigenvalue weighted by molar-refractivity contribution is 0.354. The second kappa shape index (κ2) is 6.70. The summed E-state index contributed by atoms with van der Waals surface area (Å²) in [6, 6.07) is 5.87. The molecule has 0 aliphatic carbocycles. The molecule has 0 radical (unpaired) electrons. The van der Waals surface area contributed by atoms with Crippen LogP contribution < -0.4 is 14.8 Å². The molecule has 0 saturated carbocycles. The van der Waals surface area contributed by atoms with Gasteiger partial charge in [0.25, 0.3) is 0 Å². The van der Waals surface area contributed by atoms with E-state index in [1.54, 1.807) is 32.8 Å². The topological polar surface area (TPSA) is 56.3 Å². The molecule has 1 heterocycles. The highest BCUT2D eigenvalue weighted by molar-refractivity contribution is 5.42. The van der Waals surface area contributed by atoms with E-state index in [0.29, 0.717) is 6.54 Å². The zero-order valence-corrected chi connectivity index (χ0v) is 11.1. The van der Waals surface area contributed by atoms with E-state index in [4.69, 9.17) is 9.47 Å². The summed E-state index contributed by atoms with van der Waals surface area (Å²) < 4.78 is 10.5. The first kappa shape index (κ1) is 13.3. The van der Waals surface area contributed by atoms with Crippen molar-refractivity contribution in [3.05, 3.63) is 48.0 Å². The molecule has 0 aliphatic rings. The fraction of sp³-hybridized carbons (Fsp3) is 0.286. The maximum atomic E-state index is 5.27. The molecule has 5 nitrogen and oxygen atoms in total. The molecule has 1 N–H and O–H groups in total. The van der Waals surface area contributed by atoms with Crippen LogP contribution in [0.5, 0.6) is 11.5 Å². The first-order chi connectivity index (χ1) is 9.33. The second-order valence-electron chi connectivity index (χ2n) is 3.99. The Hall–Kier alpha value is -2.14. The second-order valence-corrected chi connectivity index (χ2v) is 3.99. The molecule has 0 unspecified atom stereocenters. The van der Waals surface area contributed by atoms with E-state index in [-0.39, 0.29) is 0 Å². The number of nitrogens with zero attached hydrogens (tertiary/aromatic N) is 2. The zero-order chi connectivity index (χ0) is 13.5. The van der Waals surface area contributed by atoms with Crippen molar-refractivity contribution in [3.63, 3.8) is 0 Å². The quantitative estimate of drug-likeness (QED) is 0.857. The van der Waals surface area contributed by atoms with Gasteiger partial charge in [0.2, 0.25) is 0 Å². The normalized spacial score (nSPS) is 10.2. The van der Waals surface area contributed by atoms with Crippen LogP contribution in [-0.2, 0) is 13.1 Å². The summed E-state index contributed by atoms with van der Waals surface area (Å²) in [6.45, 7) is 1.42. The smallest absolute Gasteiger partial charge is 0.161 e. The van der Waals surface area contributed by atoms with Gasteiger partial charge in [-0.25, -0.2) is 0 Å². The van der Waals surface area contributed by atoms with Crippen LogP contribution >= 0.6 is 0 Å². The highest BCUT2D eigenvalue weighted by atomic mass is 16.5. The Labute approximate surface area is 112 Å². The van der Waals surface area contributed by atoms with Crippen molar-refractivity contribution >= 4 is 0 Å². The summed E-state index contributed by atoms with van der Waals surface area (Å²) >= 11 is 0. The van der Waals surface area contributed by atoms with Crippen LogP contribution in [0.1, 0.15) is 11.3 Å². The van der Waals surface area contributed by atoms with Crippen LogP contribution in [0.4, 0.5) is 0 Å². The lowest BCUT2D eigenvalue weighted by atomic mass is 10.2. The van der Waals surface area contributed by atoms with Gasteiger partial charge in [0.15, 0.2) is 11.5 Å². The Balaban J connectivity index is 1.93. The molecule has 0 amide bonds. The highest BCUT2D eigenvalue weighted by Crippen LogP contribution is 2.27. The van der Waals surface area contributed by atoms with Gasteiger partial charge in [0, 0.05) is 31.7 Å². The SMILES string of the molecule is COc1ccc(CNCc2cnccn2)cc1OC. The molecule has 1 aromatic carbocycles. The van der Waals surface area contributed by atoms with Crippen molar-refractivity contribution in [2.24, 2.45) is 0 Å². The van der Waals surface area contributed by atoms with E-state index in [0.717, 1.165) is 29.3 Å². The number of ether oxygens (including phenoxy) is 2. The van der Waals surface area contributed by atoms with E-state index in [2.05, 4.69) is 15.3 Å². The molecule has 100 valence electrons. The van der Waals surface area contributed by atoms with Gasteiger partial charge in [-0.15, -0.1) is 0 Å². The predicted octanol–water partition coefficient (Wildman–Crippen LogP) is 1.78. The van der Waals surface area contributed by atoms with Crippen molar-refractivity contribution in [1.82, 2.24) is 15.3 Å². The van der Waals surface area contributed by atoms with Gasteiger partial charge in [-0.3, -0.25) is 9.97 Å². The van der Waals surface area contributed by atoms with E-state index in [9.17, 15) is 0 Å². The summed E-state index contributed by atoms with van der Waals surface area (Å²) in [6.07, 6.45) is 5.10. The number of aromatic nitrogens is 2. The van der Waals surface area contributed by atoms with Crippen LogP contribution in [0, 0.1) is 0 Å². The molecular formula is C14H17N3O2. The van der Waals surface area contributed by atoms with Gasteiger partial charge in [-0.05, 0) is 17.7 Å². The zero-order valence-electron chi connectivity index (χ0n) is 11.1. The summed E-state index contributed by atoms with van der Waals surface area (Å²) in [7, 11) is 3.26. The van der Waals surface area contributed by atoms with E-state index in [1.807, 2.05) is 18.2 Å². The monoisotopic (exact) mass is 259 g/mol. The average Bonchev–Trinajstić information content (AvgIpc) is 2.48. The summed E-state index contributed by atoms with van der Waals surface area (Å²) in [5, 5.41) is 3.31. The Morgan fingerprint density at radius 2 is 1.89 bits per heavy atom. The fourth-order valence-corrected chi connectivity index (χ4v) is 1.75. The third-order valence-electron chi connectivity index (χ3n) is 2.70. The Kier molecular flexibility index (Phi) is 4.69. The Bertz CT molecular complexity index is 517. The molecule has 2 rings (SSSR count). The van der Waals surface area contributed by atoms with Gasteiger partial charge in [-0.2, -0.15) is 0 Å². The summed E-state index contributed by atoms with van der Waals surface area (Å²) in [5.74, 6) is 1.47. The minimum Gasteiger partial charge on any atom is -0.493 e. The molecule has 1 aromatic heterocycles. The minimum atomic E-state index is 0.683. The van der Waals surface area contributed by atoms with Crippen molar-refractivity contribution in [3.8, 4) is 11.5 Å². The molecule has 0 spiro atoms. The van der Waals surface area contributed by atoms with Gasteiger partial charge in [-0.1, -0.05) is 6.07 Å². The maximum Gasteiger partial charge on any atom is 0.161 e. The van der Waals surface area contributed by atoms with Crippen molar-refractivity contribution in [2.45, 2.75) is 13.1 Å². The van der Waals surface area contributed by atoms with E-state index in [1.165, 1.54) is 0 Å². The minimum absolute atomic E-state index is 0.683. The van der Waals surface area contributed by atoms with E-state index < -0.39 is 0 Å². The number of nitrogens with one attached hydrogen (secondary N) is 1. The molecule has 19 heavy (non-hydrogen) atoms. The maximum absolute atomic E-state index is 5.27. The molecule has 5 heteroatoms. The molecule has 0 bridgehead atoms. The molecule has 0 atom stereocenters. The lowest BCUT2D eigenvalue weighted by Gasteiger charge is -2.10. The fourth-order valence-electron chi connectivity index (χ4n) is 1.75. The van der Waals surface area contributed by atoms with Crippen LogP contribution in [0.2, 0.25) is 0 Å². The van der Waals surface area contributed by atoms with Gasteiger partial charge in [0.1, 0.15) is 0 Å². The molecular weight excluding hydrogens is 242 g/mol. The van der Waals surface area contributed by atoms with Crippen LogP contribution in [-0.4, -0.2) is 24.2 Å². The molecule has 0 saturated heterocycles. The predicted molar refractivity (Wildman–Crippen MR) is 72.1 cm³/mol. The lowest BCUT2D eigenvalue weighted by Crippen LogP contribution is -2.13. The Morgan fingerprint density at radius 3 is 2.58 bits per heavy atom. The number of hydrogen-bond donors (Lipinski definition) is 1. The standard InChI is InChI=1S/C14H17N3O2/c1-18-13-4-3-11(7-14(13)19-2)8-16-10-12-9-15-5-6-17-12/h3-7,9,16H,8,10H2,1-2H3. The van der Waals surface area contributed by atoms with Gasteiger partial charge >= 0.3 is 0 Å². The van der Waals surface area contributed by atoms with E-state index >= 15 is 0 Å². The average molecular weight is 259 g/mol. The third kappa shape index (κ3) is 3.66. The van der Waals surface area contributed by atoms with Gasteiger partial charge < -0.3 is 14.8 Å². The van der Waals surface area contributed by atoms with Crippen LogP contribution in [0.15, 0.2) is 36.8 Å². The number of rotatable bonds is 6. The van der Waals surface area contributed by atoms with Crippen LogP contribution in [0.3, 0.4) is 0 Å². The van der Waals surface area contributed by atoms with Crippen LogP contribution in [0.25, 0.3) is 0 Å². The van der Waals surface area contributed by atoms with Crippen molar-refractivity contribution in [1.29, 1.82) is 0 Å². The van der Waals surface area contributed by atoms with Gasteiger partial charge in [0.05, 0.1) is 19.9 Å². The molecule has 0 aliphatic heterocycles. The molecule has 0 fully saturated rings. The van der Waals surface area contributed by atoms with Crippen molar-refractivity contribution in [2.75, 3.05) is 14.2 Å². The van der Waals surface area contributed by atoms with Crippen molar-refractivity contribution < 1.29 is 9.47 Å². The third-order valence-corrected chi connectivity index (χ3v) is 2.70. The first-order valence-electron chi connectivity index (χ1n) is 6.00. The molecule has 2 aromatic rings. The largest absolute Gasteiger partial charge is 0.493 e. The number of methoxy groups -OCH3 is 2.